The molecule has 0 aliphatic rings. The van der Waals surface area contributed by atoms with Crippen LogP contribution in [-0.4, -0.2) is 26.6 Å². The summed E-state index contributed by atoms with van der Waals surface area (Å²) in [6, 6.07) is 7.53. The van der Waals surface area contributed by atoms with Crippen LogP contribution >= 0.6 is 0 Å². The van der Waals surface area contributed by atoms with Gasteiger partial charge in [0.15, 0.2) is 0 Å². The van der Waals surface area contributed by atoms with Crippen molar-refractivity contribution in [2.75, 3.05) is 25.6 Å². The van der Waals surface area contributed by atoms with E-state index in [4.69, 9.17) is 10.5 Å². The van der Waals surface area contributed by atoms with Crippen molar-refractivity contribution in [2.24, 2.45) is 11.1 Å². The molecule has 0 aromatic heterocycles. The Morgan fingerprint density at radius 1 is 1.19 bits per heavy atom. The lowest BCUT2D eigenvalue weighted by Crippen LogP contribution is -2.47. The van der Waals surface area contributed by atoms with E-state index in [0.717, 1.165) is 37.1 Å². The van der Waals surface area contributed by atoms with Crippen LogP contribution in [0.2, 0.25) is 0 Å². The second kappa shape index (κ2) is 8.03. The Labute approximate surface area is 128 Å². The largest absolute Gasteiger partial charge is 0.497 e. The van der Waals surface area contributed by atoms with Crippen LogP contribution in [0.4, 0.5) is 5.69 Å². The number of rotatable bonds is 8. The maximum absolute atomic E-state index is 12.9. The fourth-order valence-electron chi connectivity index (χ4n) is 2.87. The van der Waals surface area contributed by atoms with Gasteiger partial charge < -0.3 is 15.4 Å². The Hall–Kier alpha value is -1.55. The van der Waals surface area contributed by atoms with E-state index in [1.54, 1.807) is 12.0 Å². The first kappa shape index (κ1) is 17.5. The lowest BCUT2D eigenvalue weighted by atomic mass is 9.78. The van der Waals surface area contributed by atoms with Gasteiger partial charge >= 0.3 is 0 Å². The van der Waals surface area contributed by atoms with Gasteiger partial charge in [-0.05, 0) is 37.1 Å². The van der Waals surface area contributed by atoms with Crippen LogP contribution in [0.3, 0.4) is 0 Å². The average molecular weight is 292 g/mol. The highest BCUT2D eigenvalue weighted by Crippen LogP contribution is 2.33. The minimum atomic E-state index is -0.446. The number of benzene rings is 1. The van der Waals surface area contributed by atoms with E-state index in [9.17, 15) is 4.79 Å². The molecule has 0 heterocycles. The van der Waals surface area contributed by atoms with Gasteiger partial charge in [-0.25, -0.2) is 0 Å². The molecule has 1 rings (SSSR count). The maximum Gasteiger partial charge on any atom is 0.234 e. The molecule has 0 fully saturated rings. The number of hydrogen-bond acceptors (Lipinski definition) is 3. The molecular weight excluding hydrogens is 264 g/mol. The van der Waals surface area contributed by atoms with Crippen molar-refractivity contribution in [3.05, 3.63) is 24.3 Å². The first-order valence-corrected chi connectivity index (χ1v) is 7.67. The number of nitrogens with zero attached hydrogens (tertiary/aromatic N) is 1. The summed E-state index contributed by atoms with van der Waals surface area (Å²) in [4.78, 5) is 14.7. The fraction of sp³-hybridized carbons (Fsp3) is 0.588. The molecule has 0 bridgehead atoms. The zero-order chi connectivity index (χ0) is 15.9. The molecule has 0 aliphatic heterocycles. The number of ether oxygens (including phenoxy) is 1. The molecule has 21 heavy (non-hydrogen) atoms. The molecule has 1 aromatic carbocycles. The summed E-state index contributed by atoms with van der Waals surface area (Å²) in [7, 11) is 3.45. The number of hydrogen-bond donors (Lipinski definition) is 1. The van der Waals surface area contributed by atoms with Gasteiger partial charge in [0.25, 0.3) is 0 Å². The number of carbonyl (C=O) groups is 1. The van der Waals surface area contributed by atoms with Gasteiger partial charge in [-0.3, -0.25) is 4.79 Å². The molecule has 1 aromatic rings. The summed E-state index contributed by atoms with van der Waals surface area (Å²) >= 11 is 0. The fourth-order valence-corrected chi connectivity index (χ4v) is 2.87. The van der Waals surface area contributed by atoms with E-state index in [1.165, 1.54) is 0 Å². The number of carbonyl (C=O) groups excluding carboxylic acids is 1. The van der Waals surface area contributed by atoms with Crippen molar-refractivity contribution in [3.63, 3.8) is 0 Å². The number of methoxy groups -OCH3 is 1. The van der Waals surface area contributed by atoms with Crippen molar-refractivity contribution < 1.29 is 9.53 Å². The van der Waals surface area contributed by atoms with Crippen molar-refractivity contribution in [1.82, 2.24) is 0 Å². The van der Waals surface area contributed by atoms with Crippen LogP contribution in [0, 0.1) is 5.41 Å². The lowest BCUT2D eigenvalue weighted by Gasteiger charge is -2.34. The maximum atomic E-state index is 12.9. The summed E-state index contributed by atoms with van der Waals surface area (Å²) in [6.07, 6.45) is 3.58. The molecular formula is C17H28N2O2. The quantitative estimate of drug-likeness (QED) is 0.800. The van der Waals surface area contributed by atoms with E-state index in [-0.39, 0.29) is 5.91 Å². The highest BCUT2D eigenvalue weighted by Gasteiger charge is 2.37. The van der Waals surface area contributed by atoms with E-state index >= 15 is 0 Å². The van der Waals surface area contributed by atoms with Gasteiger partial charge in [-0.1, -0.05) is 26.7 Å². The predicted molar refractivity (Wildman–Crippen MR) is 87.7 cm³/mol. The van der Waals surface area contributed by atoms with Gasteiger partial charge in [0, 0.05) is 19.3 Å². The van der Waals surface area contributed by atoms with Gasteiger partial charge in [-0.15, -0.1) is 0 Å². The number of anilines is 1. The summed E-state index contributed by atoms with van der Waals surface area (Å²) in [6.45, 7) is 4.59. The molecule has 4 heteroatoms. The topological polar surface area (TPSA) is 55.6 Å². The van der Waals surface area contributed by atoms with Crippen LogP contribution in [0.5, 0.6) is 5.75 Å². The molecule has 118 valence electrons. The standard InChI is InChI=1S/C17H28N2O2/c1-5-11-17(13-18,12-6-2)16(20)19(3)14-7-9-15(21-4)10-8-14/h7-10H,5-6,11-13,18H2,1-4H3. The molecule has 4 nitrogen and oxygen atoms in total. The lowest BCUT2D eigenvalue weighted by molar-refractivity contribution is -0.128. The molecule has 0 radical (unpaired) electrons. The third kappa shape index (κ3) is 3.97. The van der Waals surface area contributed by atoms with E-state index < -0.39 is 5.41 Å². The number of nitrogens with two attached hydrogens (primary N) is 1. The smallest absolute Gasteiger partial charge is 0.234 e. The Morgan fingerprint density at radius 3 is 2.10 bits per heavy atom. The summed E-state index contributed by atoms with van der Waals surface area (Å²) < 4.78 is 5.15. The van der Waals surface area contributed by atoms with Gasteiger partial charge in [-0.2, -0.15) is 0 Å². The minimum absolute atomic E-state index is 0.110. The summed E-state index contributed by atoms with van der Waals surface area (Å²) in [5.41, 5.74) is 6.40. The second-order valence-corrected chi connectivity index (χ2v) is 5.55. The summed E-state index contributed by atoms with van der Waals surface area (Å²) in [5.74, 6) is 0.894. The van der Waals surface area contributed by atoms with Crippen molar-refractivity contribution in [1.29, 1.82) is 0 Å². The van der Waals surface area contributed by atoms with E-state index in [1.807, 2.05) is 31.3 Å². The van der Waals surface area contributed by atoms with Crippen molar-refractivity contribution >= 4 is 11.6 Å². The van der Waals surface area contributed by atoms with E-state index in [0.29, 0.717) is 6.54 Å². The molecule has 0 aliphatic carbocycles. The SMILES string of the molecule is CCCC(CN)(CCC)C(=O)N(C)c1ccc(OC)cc1. The molecule has 0 unspecified atom stereocenters. The van der Waals surface area contributed by atoms with Crippen molar-refractivity contribution in [2.45, 2.75) is 39.5 Å². The third-order valence-electron chi connectivity index (χ3n) is 4.07. The first-order valence-electron chi connectivity index (χ1n) is 7.67. The van der Waals surface area contributed by atoms with Gasteiger partial charge in [0.05, 0.1) is 12.5 Å². The van der Waals surface area contributed by atoms with Crippen LogP contribution in [0.1, 0.15) is 39.5 Å². The first-order chi connectivity index (χ1) is 10.0. The van der Waals surface area contributed by atoms with Crippen LogP contribution < -0.4 is 15.4 Å². The summed E-state index contributed by atoms with van der Waals surface area (Å²) in [5, 5.41) is 0. The van der Waals surface area contributed by atoms with Crippen LogP contribution in [0.15, 0.2) is 24.3 Å². The normalized spacial score (nSPS) is 11.3. The highest BCUT2D eigenvalue weighted by molar-refractivity contribution is 5.97. The van der Waals surface area contributed by atoms with Gasteiger partial charge in [0.1, 0.15) is 5.75 Å². The molecule has 0 saturated carbocycles. The molecule has 0 spiro atoms. The zero-order valence-corrected chi connectivity index (χ0v) is 13.7. The Bertz CT molecular complexity index is 437. The molecule has 1 amide bonds. The predicted octanol–water partition coefficient (Wildman–Crippen LogP) is 3.20. The zero-order valence-electron chi connectivity index (χ0n) is 13.7. The molecule has 0 saturated heterocycles. The Balaban J connectivity index is 3.00. The van der Waals surface area contributed by atoms with Crippen LogP contribution in [-0.2, 0) is 4.79 Å². The number of amides is 1. The highest BCUT2D eigenvalue weighted by atomic mass is 16.5. The monoisotopic (exact) mass is 292 g/mol. The Kier molecular flexibility index (Phi) is 6.69. The third-order valence-corrected chi connectivity index (χ3v) is 4.07. The minimum Gasteiger partial charge on any atom is -0.497 e. The average Bonchev–Trinajstić information content (AvgIpc) is 2.53. The van der Waals surface area contributed by atoms with E-state index in [2.05, 4.69) is 13.8 Å². The molecule has 2 N–H and O–H groups in total. The van der Waals surface area contributed by atoms with Crippen molar-refractivity contribution in [3.8, 4) is 5.75 Å². The van der Waals surface area contributed by atoms with Crippen LogP contribution in [0.25, 0.3) is 0 Å². The Morgan fingerprint density at radius 2 is 1.71 bits per heavy atom. The molecule has 0 atom stereocenters. The second-order valence-electron chi connectivity index (χ2n) is 5.55. The van der Waals surface area contributed by atoms with Gasteiger partial charge in [0.2, 0.25) is 5.91 Å².